The SMILES string of the molecule is c1ccc2c(c1)-c1ccccc1C21c2cc(C3=Nc4c(c5ncccc5c5cccnc45)C3)ccc2-c2ccc(C3=Nc4c(c5ncccc5c5cccnc45)C3)cc21. The number of hydrogen-bond acceptors (Lipinski definition) is 6. The minimum atomic E-state index is -0.535. The molecule has 2 aliphatic carbocycles. The number of hydrogen-bond donors (Lipinski definition) is 0. The van der Waals surface area contributed by atoms with E-state index in [1.54, 1.807) is 0 Å². The fraction of sp³-hybridized carbons (Fsp3) is 0.0566. The monoisotopic (exact) mass is 750 g/mol. The summed E-state index contributed by atoms with van der Waals surface area (Å²) in [5.74, 6) is 0. The first kappa shape index (κ1) is 31.4. The molecule has 0 saturated carbocycles. The predicted octanol–water partition coefficient (Wildman–Crippen LogP) is 11.6. The molecular formula is C53H30N6. The highest BCUT2D eigenvalue weighted by Crippen LogP contribution is 2.63. The molecule has 0 saturated heterocycles. The van der Waals surface area contributed by atoms with Crippen LogP contribution in [-0.4, -0.2) is 31.4 Å². The lowest BCUT2D eigenvalue weighted by atomic mass is 9.70. The largest absolute Gasteiger partial charge is 0.256 e. The second kappa shape index (κ2) is 11.2. The van der Waals surface area contributed by atoms with Gasteiger partial charge in [-0.15, -0.1) is 0 Å². The Bertz CT molecular complexity index is 3400. The predicted molar refractivity (Wildman–Crippen MR) is 237 cm³/mol. The molecule has 59 heavy (non-hydrogen) atoms. The zero-order valence-corrected chi connectivity index (χ0v) is 31.6. The first-order chi connectivity index (χ1) is 29.3. The van der Waals surface area contributed by atoms with Crippen LogP contribution in [0.3, 0.4) is 0 Å². The van der Waals surface area contributed by atoms with E-state index in [0.29, 0.717) is 12.8 Å². The van der Waals surface area contributed by atoms with Gasteiger partial charge in [0.15, 0.2) is 0 Å². The molecule has 0 fully saturated rings. The Hall–Kier alpha value is -7.70. The van der Waals surface area contributed by atoms with Crippen LogP contribution in [0.2, 0.25) is 0 Å². The number of pyridine rings is 4. The number of nitrogens with zero attached hydrogens (tertiary/aromatic N) is 6. The molecule has 0 bridgehead atoms. The van der Waals surface area contributed by atoms with E-state index in [9.17, 15) is 0 Å². The average molecular weight is 751 g/mol. The van der Waals surface area contributed by atoms with Crippen LogP contribution in [0, 0.1) is 0 Å². The molecule has 0 N–H and O–H groups in total. The molecule has 6 nitrogen and oxygen atoms in total. The van der Waals surface area contributed by atoms with E-state index in [0.717, 1.165) is 88.7 Å². The molecule has 2 aliphatic heterocycles. The van der Waals surface area contributed by atoms with E-state index < -0.39 is 5.41 Å². The van der Waals surface area contributed by atoms with E-state index in [2.05, 4.69) is 109 Å². The molecule has 272 valence electrons. The van der Waals surface area contributed by atoms with Gasteiger partial charge in [0.2, 0.25) is 0 Å². The number of aromatic nitrogens is 4. The Morgan fingerprint density at radius 1 is 0.356 bits per heavy atom. The third-order valence-electron chi connectivity index (χ3n) is 13.3. The van der Waals surface area contributed by atoms with Crippen molar-refractivity contribution < 1.29 is 0 Å². The van der Waals surface area contributed by atoms with Crippen molar-refractivity contribution in [3.8, 4) is 22.3 Å². The van der Waals surface area contributed by atoms with Gasteiger partial charge >= 0.3 is 0 Å². The van der Waals surface area contributed by atoms with Gasteiger partial charge in [0.05, 0.1) is 50.3 Å². The van der Waals surface area contributed by atoms with Crippen molar-refractivity contribution in [1.29, 1.82) is 0 Å². The van der Waals surface area contributed by atoms with Gasteiger partial charge in [-0.2, -0.15) is 0 Å². The summed E-state index contributed by atoms with van der Waals surface area (Å²) >= 11 is 0. The molecule has 4 aliphatic rings. The van der Waals surface area contributed by atoms with Gasteiger partial charge in [-0.05, 0) is 92.0 Å². The number of rotatable bonds is 2. The van der Waals surface area contributed by atoms with Crippen molar-refractivity contribution in [2.24, 2.45) is 9.98 Å². The average Bonchev–Trinajstić information content (AvgIpc) is 4.09. The molecular weight excluding hydrogens is 721 g/mol. The second-order valence-electron chi connectivity index (χ2n) is 16.1. The fourth-order valence-electron chi connectivity index (χ4n) is 11.0. The van der Waals surface area contributed by atoms with E-state index in [1.807, 2.05) is 49.1 Å². The van der Waals surface area contributed by atoms with Crippen molar-refractivity contribution >= 4 is 66.4 Å². The maximum atomic E-state index is 5.40. The minimum absolute atomic E-state index is 0.535. The Labute approximate surface area is 338 Å². The van der Waals surface area contributed by atoms with Crippen molar-refractivity contribution in [3.63, 3.8) is 0 Å². The van der Waals surface area contributed by atoms with Crippen molar-refractivity contribution in [2.75, 3.05) is 0 Å². The van der Waals surface area contributed by atoms with E-state index in [-0.39, 0.29) is 0 Å². The Balaban J connectivity index is 0.979. The van der Waals surface area contributed by atoms with E-state index >= 15 is 0 Å². The Morgan fingerprint density at radius 2 is 0.746 bits per heavy atom. The van der Waals surface area contributed by atoms with Crippen LogP contribution in [0.1, 0.15) is 44.5 Å². The van der Waals surface area contributed by atoms with Crippen molar-refractivity contribution in [1.82, 2.24) is 19.9 Å². The highest BCUT2D eigenvalue weighted by Gasteiger charge is 2.52. The second-order valence-corrected chi connectivity index (χ2v) is 16.1. The minimum Gasteiger partial charge on any atom is -0.256 e. The summed E-state index contributed by atoms with van der Waals surface area (Å²) in [5, 5.41) is 4.41. The summed E-state index contributed by atoms with van der Waals surface area (Å²) in [7, 11) is 0. The van der Waals surface area contributed by atoms with Crippen molar-refractivity contribution in [3.05, 3.63) is 203 Å². The molecule has 0 amide bonds. The number of aliphatic imine (C=N–C) groups is 2. The maximum absolute atomic E-state index is 5.40. The van der Waals surface area contributed by atoms with Gasteiger partial charge in [0.1, 0.15) is 0 Å². The molecule has 1 spiro atoms. The molecule has 6 heteroatoms. The Kier molecular flexibility index (Phi) is 5.98. The normalized spacial score (nSPS) is 15.0. The van der Waals surface area contributed by atoms with Crippen molar-refractivity contribution in [2.45, 2.75) is 18.3 Å². The molecule has 0 unspecified atom stereocenters. The van der Waals surface area contributed by atoms with Crippen LogP contribution < -0.4 is 0 Å². The van der Waals surface area contributed by atoms with Crippen LogP contribution in [0.15, 0.2) is 168 Å². The van der Waals surface area contributed by atoms with Crippen LogP contribution in [0.4, 0.5) is 11.4 Å². The van der Waals surface area contributed by atoms with Crippen LogP contribution in [0.25, 0.3) is 65.9 Å². The van der Waals surface area contributed by atoms with E-state index in [4.69, 9.17) is 29.9 Å². The zero-order valence-electron chi connectivity index (χ0n) is 31.6. The summed E-state index contributed by atoms with van der Waals surface area (Å²) < 4.78 is 0. The molecule has 0 atom stereocenters. The van der Waals surface area contributed by atoms with Gasteiger partial charge < -0.3 is 0 Å². The molecule has 0 radical (unpaired) electrons. The molecule has 10 aromatic rings. The molecule has 14 rings (SSSR count). The number of fused-ring (bicyclic) bond motifs is 22. The highest BCUT2D eigenvalue weighted by atomic mass is 14.9. The number of benzene rings is 6. The van der Waals surface area contributed by atoms with Gasteiger partial charge in [-0.25, -0.2) is 9.98 Å². The summed E-state index contributed by atoms with van der Waals surface area (Å²) in [6, 6.07) is 48.6. The lowest BCUT2D eigenvalue weighted by Gasteiger charge is -2.31. The van der Waals surface area contributed by atoms with Crippen LogP contribution in [0.5, 0.6) is 0 Å². The van der Waals surface area contributed by atoms with Gasteiger partial charge in [-0.3, -0.25) is 19.9 Å². The summed E-state index contributed by atoms with van der Waals surface area (Å²) in [5.41, 5.74) is 22.0. The Morgan fingerprint density at radius 3 is 1.20 bits per heavy atom. The lowest BCUT2D eigenvalue weighted by Crippen LogP contribution is -2.26. The first-order valence-electron chi connectivity index (χ1n) is 20.2. The molecule has 6 heterocycles. The van der Waals surface area contributed by atoms with Gasteiger partial charge in [0.25, 0.3) is 0 Å². The van der Waals surface area contributed by atoms with Crippen LogP contribution >= 0.6 is 0 Å². The molecule has 4 aromatic heterocycles. The fourth-order valence-corrected chi connectivity index (χ4v) is 11.0. The van der Waals surface area contributed by atoms with Crippen LogP contribution in [-0.2, 0) is 18.3 Å². The summed E-state index contributed by atoms with van der Waals surface area (Å²) in [4.78, 5) is 30.3. The summed E-state index contributed by atoms with van der Waals surface area (Å²) in [6.07, 6.45) is 8.89. The highest BCUT2D eigenvalue weighted by molar-refractivity contribution is 6.20. The van der Waals surface area contributed by atoms with Gasteiger partial charge in [-0.1, -0.05) is 97.1 Å². The smallest absolute Gasteiger partial charge is 0.0969 e. The third kappa shape index (κ3) is 3.95. The first-order valence-corrected chi connectivity index (χ1v) is 20.2. The quantitative estimate of drug-likeness (QED) is 0.165. The standard InChI is InChI=1S/C53H30N6/c1-3-15-41-31(9-1)32-10-2-4-16-42(32)53(41)43-25-29(45-27-39-47-35(11-5-21-54-47)37-13-7-23-56-49(37)51(39)58-45)17-19-33(43)34-20-18-30(26-44(34)53)46-28-40-48-36(12-6-22-55-48)38-14-8-24-57-50(38)52(40)59-46/h1-26H,27-28H2. The summed E-state index contributed by atoms with van der Waals surface area (Å²) in [6.45, 7) is 0. The maximum Gasteiger partial charge on any atom is 0.0969 e. The molecule has 6 aromatic carbocycles. The van der Waals surface area contributed by atoms with E-state index in [1.165, 1.54) is 44.5 Å². The zero-order chi connectivity index (χ0) is 38.4. The lowest BCUT2D eigenvalue weighted by molar-refractivity contribution is 0.793. The van der Waals surface area contributed by atoms with Gasteiger partial charge in [0, 0.05) is 70.3 Å². The topological polar surface area (TPSA) is 76.3 Å². The third-order valence-corrected chi connectivity index (χ3v) is 13.3.